The predicted molar refractivity (Wildman–Crippen MR) is 80.0 cm³/mol. The van der Waals surface area contributed by atoms with Crippen LogP contribution in [0.2, 0.25) is 0 Å². The molecule has 0 aliphatic carbocycles. The molecule has 21 heavy (non-hydrogen) atoms. The van der Waals surface area contributed by atoms with Crippen molar-refractivity contribution in [3.63, 3.8) is 0 Å². The normalized spacial score (nSPS) is 11.2. The van der Waals surface area contributed by atoms with Crippen molar-refractivity contribution in [3.05, 3.63) is 54.1 Å². The van der Waals surface area contributed by atoms with E-state index >= 15 is 0 Å². The number of unbranched alkanes of at least 4 members (excludes halogenated alkanes) is 1. The Morgan fingerprint density at radius 1 is 1.00 bits per heavy atom. The summed E-state index contributed by atoms with van der Waals surface area (Å²) in [6.07, 6.45) is 1.94. The highest BCUT2D eigenvalue weighted by Gasteiger charge is 2.18. The Balaban J connectivity index is 2.26. The Morgan fingerprint density at radius 3 is 2.43 bits per heavy atom. The number of hydrogen-bond acceptors (Lipinski definition) is 1. The standard InChI is InChI=1S/C17H16F2N2/c1-2-3-11-21-15-10-5-4-9-14(15)20-17(21)16-12(18)7-6-8-13(16)19/h4-10H,2-3,11H2,1H3. The lowest BCUT2D eigenvalue weighted by Crippen LogP contribution is -2.03. The van der Waals surface area contributed by atoms with Gasteiger partial charge in [0.25, 0.3) is 0 Å². The zero-order valence-corrected chi connectivity index (χ0v) is 11.8. The highest BCUT2D eigenvalue weighted by atomic mass is 19.1. The molecule has 3 rings (SSSR count). The third-order valence-electron chi connectivity index (χ3n) is 3.58. The molecule has 0 radical (unpaired) electrons. The van der Waals surface area contributed by atoms with E-state index in [9.17, 15) is 8.78 Å². The molecule has 4 heteroatoms. The number of fused-ring (bicyclic) bond motifs is 1. The second kappa shape index (κ2) is 5.64. The van der Waals surface area contributed by atoms with Gasteiger partial charge in [0.2, 0.25) is 0 Å². The fourth-order valence-electron chi connectivity index (χ4n) is 2.52. The molecule has 0 bridgehead atoms. The number of rotatable bonds is 4. The summed E-state index contributed by atoms with van der Waals surface area (Å²) in [5.74, 6) is -0.800. The maximum absolute atomic E-state index is 14.1. The van der Waals surface area contributed by atoms with Crippen LogP contribution in [0.1, 0.15) is 19.8 Å². The highest BCUT2D eigenvalue weighted by molar-refractivity contribution is 5.80. The molecule has 0 saturated carbocycles. The van der Waals surface area contributed by atoms with Gasteiger partial charge in [0.05, 0.1) is 16.6 Å². The number of aryl methyl sites for hydroxylation is 1. The Labute approximate surface area is 122 Å². The quantitative estimate of drug-likeness (QED) is 0.674. The summed E-state index contributed by atoms with van der Waals surface area (Å²) in [7, 11) is 0. The second-order valence-electron chi connectivity index (χ2n) is 5.03. The monoisotopic (exact) mass is 286 g/mol. The third-order valence-corrected chi connectivity index (χ3v) is 3.58. The summed E-state index contributed by atoms with van der Waals surface area (Å²) >= 11 is 0. The second-order valence-corrected chi connectivity index (χ2v) is 5.03. The molecule has 3 aromatic rings. The van der Waals surface area contributed by atoms with Crippen LogP contribution < -0.4 is 0 Å². The van der Waals surface area contributed by atoms with Gasteiger partial charge in [-0.3, -0.25) is 0 Å². The van der Waals surface area contributed by atoms with Gasteiger partial charge in [-0.25, -0.2) is 13.8 Å². The fourth-order valence-corrected chi connectivity index (χ4v) is 2.52. The van der Waals surface area contributed by atoms with Crippen LogP contribution in [-0.4, -0.2) is 9.55 Å². The maximum Gasteiger partial charge on any atom is 0.147 e. The van der Waals surface area contributed by atoms with Crippen LogP contribution in [0, 0.1) is 11.6 Å². The van der Waals surface area contributed by atoms with Crippen molar-refractivity contribution in [2.45, 2.75) is 26.3 Å². The Kier molecular flexibility index (Phi) is 3.69. The average Bonchev–Trinajstić information content (AvgIpc) is 2.83. The van der Waals surface area contributed by atoms with Crippen LogP contribution in [0.3, 0.4) is 0 Å². The van der Waals surface area contributed by atoms with Crippen LogP contribution in [0.5, 0.6) is 0 Å². The zero-order valence-electron chi connectivity index (χ0n) is 11.8. The molecule has 0 spiro atoms. The summed E-state index contributed by atoms with van der Waals surface area (Å²) in [6, 6.07) is 11.5. The van der Waals surface area contributed by atoms with Crippen molar-refractivity contribution < 1.29 is 8.78 Å². The van der Waals surface area contributed by atoms with Crippen molar-refractivity contribution in [2.75, 3.05) is 0 Å². The van der Waals surface area contributed by atoms with Crippen LogP contribution in [0.4, 0.5) is 8.78 Å². The zero-order chi connectivity index (χ0) is 14.8. The van der Waals surface area contributed by atoms with Gasteiger partial charge in [-0.15, -0.1) is 0 Å². The third kappa shape index (κ3) is 2.42. The van der Waals surface area contributed by atoms with E-state index in [4.69, 9.17) is 0 Å². The van der Waals surface area contributed by atoms with Gasteiger partial charge in [-0.1, -0.05) is 31.5 Å². The van der Waals surface area contributed by atoms with Gasteiger partial charge in [0.1, 0.15) is 17.5 Å². The van der Waals surface area contributed by atoms with Crippen LogP contribution in [-0.2, 0) is 6.54 Å². The van der Waals surface area contributed by atoms with Crippen molar-refractivity contribution in [1.29, 1.82) is 0 Å². The molecule has 0 aliphatic rings. The fraction of sp³-hybridized carbons (Fsp3) is 0.235. The summed E-state index contributed by atoms with van der Waals surface area (Å²) in [4.78, 5) is 4.44. The molecule has 0 fully saturated rings. The number of hydrogen-bond donors (Lipinski definition) is 0. The Morgan fingerprint density at radius 2 is 1.71 bits per heavy atom. The van der Waals surface area contributed by atoms with Gasteiger partial charge >= 0.3 is 0 Å². The molecule has 2 nitrogen and oxygen atoms in total. The van der Waals surface area contributed by atoms with Crippen molar-refractivity contribution in [3.8, 4) is 11.4 Å². The van der Waals surface area contributed by atoms with Gasteiger partial charge in [0, 0.05) is 6.54 Å². The molecular weight excluding hydrogens is 270 g/mol. The van der Waals surface area contributed by atoms with Gasteiger partial charge in [0.15, 0.2) is 0 Å². The minimum atomic E-state index is -0.581. The molecule has 0 amide bonds. The molecule has 1 heterocycles. The van der Waals surface area contributed by atoms with Gasteiger partial charge < -0.3 is 4.57 Å². The molecule has 0 saturated heterocycles. The number of aromatic nitrogens is 2. The highest BCUT2D eigenvalue weighted by Crippen LogP contribution is 2.29. The lowest BCUT2D eigenvalue weighted by Gasteiger charge is -2.10. The average molecular weight is 286 g/mol. The van der Waals surface area contributed by atoms with Gasteiger partial charge in [-0.2, -0.15) is 0 Å². The summed E-state index contributed by atoms with van der Waals surface area (Å²) < 4.78 is 30.1. The topological polar surface area (TPSA) is 17.8 Å². The first-order valence-electron chi connectivity index (χ1n) is 7.12. The van der Waals surface area contributed by atoms with E-state index in [2.05, 4.69) is 11.9 Å². The van der Waals surface area contributed by atoms with Crippen LogP contribution in [0.25, 0.3) is 22.4 Å². The van der Waals surface area contributed by atoms with E-state index in [0.29, 0.717) is 12.4 Å². The summed E-state index contributed by atoms with van der Waals surface area (Å²) in [5, 5.41) is 0. The van der Waals surface area contributed by atoms with Crippen molar-refractivity contribution in [1.82, 2.24) is 9.55 Å². The SMILES string of the molecule is CCCCn1c(-c2c(F)cccc2F)nc2ccccc21. The molecule has 1 aromatic heterocycles. The molecule has 2 aromatic carbocycles. The first-order chi connectivity index (χ1) is 10.2. The van der Waals surface area contributed by atoms with Crippen molar-refractivity contribution in [2.24, 2.45) is 0 Å². The van der Waals surface area contributed by atoms with E-state index in [-0.39, 0.29) is 5.56 Å². The van der Waals surface area contributed by atoms with E-state index in [1.165, 1.54) is 18.2 Å². The molecular formula is C17H16F2N2. The van der Waals surface area contributed by atoms with Crippen LogP contribution >= 0.6 is 0 Å². The van der Waals surface area contributed by atoms with Gasteiger partial charge in [-0.05, 0) is 30.7 Å². The number of para-hydroxylation sites is 2. The minimum Gasteiger partial charge on any atom is -0.324 e. The number of benzene rings is 2. The number of halogens is 2. The maximum atomic E-state index is 14.1. The smallest absolute Gasteiger partial charge is 0.147 e. The molecule has 0 aliphatic heterocycles. The van der Waals surface area contributed by atoms with Crippen LogP contribution in [0.15, 0.2) is 42.5 Å². The summed E-state index contributed by atoms with van der Waals surface area (Å²) in [5.41, 5.74) is 1.61. The summed E-state index contributed by atoms with van der Waals surface area (Å²) in [6.45, 7) is 2.78. The lowest BCUT2D eigenvalue weighted by atomic mass is 10.2. The lowest BCUT2D eigenvalue weighted by molar-refractivity contribution is 0.581. The Bertz CT molecular complexity index is 757. The molecule has 0 atom stereocenters. The van der Waals surface area contributed by atoms with E-state index in [1.807, 2.05) is 28.8 Å². The first kappa shape index (κ1) is 13.7. The predicted octanol–water partition coefficient (Wildman–Crippen LogP) is 4.78. The van der Waals surface area contributed by atoms with E-state index < -0.39 is 11.6 Å². The van der Waals surface area contributed by atoms with E-state index in [1.54, 1.807) is 0 Å². The van der Waals surface area contributed by atoms with Crippen molar-refractivity contribution >= 4 is 11.0 Å². The molecule has 0 unspecified atom stereocenters. The first-order valence-corrected chi connectivity index (χ1v) is 7.12. The van der Waals surface area contributed by atoms with E-state index in [0.717, 1.165) is 23.9 Å². The number of nitrogens with zero attached hydrogens (tertiary/aromatic N) is 2. The minimum absolute atomic E-state index is 0.0511. The number of imidazole rings is 1. The molecule has 108 valence electrons. The largest absolute Gasteiger partial charge is 0.324 e. The molecule has 0 N–H and O–H groups in total. The Hall–Kier alpha value is -2.23.